The maximum absolute atomic E-state index is 9.53. The van der Waals surface area contributed by atoms with Gasteiger partial charge in [-0.05, 0) is 36.2 Å². The van der Waals surface area contributed by atoms with Crippen LogP contribution in [0.5, 0.6) is 11.6 Å². The highest BCUT2D eigenvalue weighted by molar-refractivity contribution is 5.32. The summed E-state index contributed by atoms with van der Waals surface area (Å²) < 4.78 is 10.8. The smallest absolute Gasteiger partial charge is 0.219 e. The van der Waals surface area contributed by atoms with Crippen molar-refractivity contribution in [2.24, 2.45) is 0 Å². The van der Waals surface area contributed by atoms with Crippen molar-refractivity contribution in [1.82, 2.24) is 4.98 Å². The molecule has 0 radical (unpaired) electrons. The number of hydrogen-bond donors (Lipinski definition) is 1. The van der Waals surface area contributed by atoms with Gasteiger partial charge in [0.15, 0.2) is 0 Å². The molecule has 4 nitrogen and oxygen atoms in total. The van der Waals surface area contributed by atoms with Crippen LogP contribution in [0.25, 0.3) is 0 Å². The maximum Gasteiger partial charge on any atom is 0.219 e. The molecule has 1 atom stereocenters. The molecule has 2 aromatic rings. The third kappa shape index (κ3) is 3.77. The second kappa shape index (κ2) is 6.31. The lowest BCUT2D eigenvalue weighted by Crippen LogP contribution is -1.95. The Morgan fingerprint density at radius 2 is 2.11 bits per heavy atom. The number of ether oxygens (including phenoxy) is 2. The van der Waals surface area contributed by atoms with Crippen LogP contribution < -0.4 is 4.74 Å². The Hall–Kier alpha value is -1.91. The van der Waals surface area contributed by atoms with Gasteiger partial charge >= 0.3 is 0 Å². The van der Waals surface area contributed by atoms with E-state index in [1.165, 1.54) is 0 Å². The average Bonchev–Trinajstić information content (AvgIpc) is 2.40. The Bertz CT molecular complexity index is 540. The summed E-state index contributed by atoms with van der Waals surface area (Å²) in [5.74, 6) is 1.16. The fourth-order valence-electron chi connectivity index (χ4n) is 1.73. The third-order valence-corrected chi connectivity index (χ3v) is 2.67. The minimum atomic E-state index is -0.537. The van der Waals surface area contributed by atoms with E-state index in [4.69, 9.17) is 9.47 Å². The summed E-state index contributed by atoms with van der Waals surface area (Å²) in [5, 5.41) is 9.53. The van der Waals surface area contributed by atoms with Crippen LogP contribution in [0.2, 0.25) is 0 Å². The number of aromatic nitrogens is 1. The van der Waals surface area contributed by atoms with E-state index >= 15 is 0 Å². The van der Waals surface area contributed by atoms with Crippen molar-refractivity contribution >= 4 is 0 Å². The normalized spacial score (nSPS) is 12.2. The molecule has 4 heteroatoms. The minimum Gasteiger partial charge on any atom is -0.439 e. The summed E-state index contributed by atoms with van der Waals surface area (Å²) >= 11 is 0. The van der Waals surface area contributed by atoms with Gasteiger partial charge in [0, 0.05) is 19.4 Å². The molecule has 1 N–H and O–H groups in total. The van der Waals surface area contributed by atoms with E-state index in [1.54, 1.807) is 32.4 Å². The van der Waals surface area contributed by atoms with Gasteiger partial charge in [-0.2, -0.15) is 0 Å². The van der Waals surface area contributed by atoms with E-state index < -0.39 is 6.10 Å². The molecule has 0 amide bonds. The minimum absolute atomic E-state index is 0.466. The van der Waals surface area contributed by atoms with Crippen molar-refractivity contribution in [3.8, 4) is 11.6 Å². The molecule has 0 aliphatic rings. The lowest BCUT2D eigenvalue weighted by Gasteiger charge is -2.09. The van der Waals surface area contributed by atoms with Crippen LogP contribution in [0, 0.1) is 0 Å². The number of rotatable bonds is 5. The zero-order chi connectivity index (χ0) is 13.7. The summed E-state index contributed by atoms with van der Waals surface area (Å²) in [4.78, 5) is 4.13. The van der Waals surface area contributed by atoms with Crippen molar-refractivity contribution in [2.75, 3.05) is 7.11 Å². The van der Waals surface area contributed by atoms with Gasteiger partial charge in [-0.15, -0.1) is 0 Å². The van der Waals surface area contributed by atoms with Crippen LogP contribution in [0.3, 0.4) is 0 Å². The summed E-state index contributed by atoms with van der Waals surface area (Å²) in [6, 6.07) is 11.1. The summed E-state index contributed by atoms with van der Waals surface area (Å²) in [6.45, 7) is 2.25. The molecular weight excluding hydrogens is 242 g/mol. The van der Waals surface area contributed by atoms with Crippen LogP contribution >= 0.6 is 0 Å². The highest BCUT2D eigenvalue weighted by Crippen LogP contribution is 2.23. The lowest BCUT2D eigenvalue weighted by molar-refractivity contribution is 0.184. The first-order valence-electron chi connectivity index (χ1n) is 6.09. The molecule has 0 aliphatic heterocycles. The number of aliphatic hydroxyl groups is 1. The molecule has 0 saturated carbocycles. The van der Waals surface area contributed by atoms with E-state index in [2.05, 4.69) is 4.98 Å². The van der Waals surface area contributed by atoms with Gasteiger partial charge < -0.3 is 14.6 Å². The average molecular weight is 259 g/mol. The molecule has 0 saturated heterocycles. The predicted molar refractivity (Wildman–Crippen MR) is 72.1 cm³/mol. The van der Waals surface area contributed by atoms with Crippen LogP contribution in [-0.4, -0.2) is 17.2 Å². The molecule has 19 heavy (non-hydrogen) atoms. The molecular formula is C15H17NO3. The quantitative estimate of drug-likeness (QED) is 0.896. The standard InChI is InChI=1S/C15H17NO3/c1-11(17)13-6-7-16-15(9-13)19-14-5-3-4-12(8-14)10-18-2/h3-9,11,17H,10H2,1-2H3/t11-/m1/s1. The molecule has 0 fully saturated rings. The van der Waals surface area contributed by atoms with Crippen LogP contribution in [0.15, 0.2) is 42.6 Å². The first-order chi connectivity index (χ1) is 9.19. The number of nitrogens with zero attached hydrogens (tertiary/aromatic N) is 1. The molecule has 0 aliphatic carbocycles. The van der Waals surface area contributed by atoms with Gasteiger partial charge in [0.25, 0.3) is 0 Å². The third-order valence-electron chi connectivity index (χ3n) is 2.67. The highest BCUT2D eigenvalue weighted by Gasteiger charge is 2.05. The van der Waals surface area contributed by atoms with Crippen LogP contribution in [0.4, 0.5) is 0 Å². The molecule has 0 unspecified atom stereocenters. The fourth-order valence-corrected chi connectivity index (χ4v) is 1.73. The van der Waals surface area contributed by atoms with E-state index in [1.807, 2.05) is 24.3 Å². The van der Waals surface area contributed by atoms with Crippen LogP contribution in [-0.2, 0) is 11.3 Å². The monoisotopic (exact) mass is 259 g/mol. The zero-order valence-corrected chi connectivity index (χ0v) is 11.0. The van der Waals surface area contributed by atoms with Crippen molar-refractivity contribution < 1.29 is 14.6 Å². The second-order valence-corrected chi connectivity index (χ2v) is 4.29. The van der Waals surface area contributed by atoms with Gasteiger partial charge in [-0.25, -0.2) is 4.98 Å². The summed E-state index contributed by atoms with van der Waals surface area (Å²) in [6.07, 6.45) is 1.08. The molecule has 1 aromatic heterocycles. The van der Waals surface area contributed by atoms with Gasteiger partial charge in [0.2, 0.25) is 5.88 Å². The van der Waals surface area contributed by atoms with Gasteiger partial charge in [-0.3, -0.25) is 0 Å². The highest BCUT2D eigenvalue weighted by atomic mass is 16.5. The van der Waals surface area contributed by atoms with Crippen molar-refractivity contribution in [2.45, 2.75) is 19.6 Å². The van der Waals surface area contributed by atoms with Gasteiger partial charge in [0.05, 0.1) is 12.7 Å². The molecule has 1 aromatic carbocycles. The maximum atomic E-state index is 9.53. The number of benzene rings is 1. The van der Waals surface area contributed by atoms with E-state index in [9.17, 15) is 5.11 Å². The second-order valence-electron chi connectivity index (χ2n) is 4.29. The Kier molecular flexibility index (Phi) is 4.49. The SMILES string of the molecule is COCc1cccc(Oc2cc([C@@H](C)O)ccn2)c1. The summed E-state index contributed by atoms with van der Waals surface area (Å²) in [7, 11) is 1.65. The summed E-state index contributed by atoms with van der Waals surface area (Å²) in [5.41, 5.74) is 1.81. The fraction of sp³-hybridized carbons (Fsp3) is 0.267. The van der Waals surface area contributed by atoms with E-state index in [-0.39, 0.29) is 0 Å². The Morgan fingerprint density at radius 3 is 2.84 bits per heavy atom. The Balaban J connectivity index is 2.16. The number of hydrogen-bond acceptors (Lipinski definition) is 4. The molecule has 1 heterocycles. The number of pyridine rings is 1. The van der Waals surface area contributed by atoms with Crippen LogP contribution in [0.1, 0.15) is 24.2 Å². The molecule has 2 rings (SSSR count). The molecule has 0 spiro atoms. The van der Waals surface area contributed by atoms with Crippen molar-refractivity contribution in [3.63, 3.8) is 0 Å². The largest absolute Gasteiger partial charge is 0.439 e. The van der Waals surface area contributed by atoms with Crippen molar-refractivity contribution in [1.29, 1.82) is 0 Å². The predicted octanol–water partition coefficient (Wildman–Crippen LogP) is 3.07. The number of methoxy groups -OCH3 is 1. The van der Waals surface area contributed by atoms with Gasteiger partial charge in [-0.1, -0.05) is 12.1 Å². The molecule has 100 valence electrons. The topological polar surface area (TPSA) is 51.6 Å². The Morgan fingerprint density at radius 1 is 1.26 bits per heavy atom. The van der Waals surface area contributed by atoms with E-state index in [0.717, 1.165) is 11.1 Å². The molecule has 0 bridgehead atoms. The van der Waals surface area contributed by atoms with E-state index in [0.29, 0.717) is 18.2 Å². The van der Waals surface area contributed by atoms with Crippen molar-refractivity contribution in [3.05, 3.63) is 53.7 Å². The Labute approximate surface area is 112 Å². The number of aliphatic hydroxyl groups excluding tert-OH is 1. The first kappa shape index (κ1) is 13.5. The zero-order valence-electron chi connectivity index (χ0n) is 11.0. The first-order valence-corrected chi connectivity index (χ1v) is 6.09. The van der Waals surface area contributed by atoms with Gasteiger partial charge in [0.1, 0.15) is 5.75 Å². The lowest BCUT2D eigenvalue weighted by atomic mass is 10.2.